The molecule has 0 unspecified atom stereocenters. The molecule has 0 radical (unpaired) electrons. The average Bonchev–Trinajstić information content (AvgIpc) is 2.53. The van der Waals surface area contributed by atoms with Crippen molar-refractivity contribution in [2.75, 3.05) is 20.6 Å². The van der Waals surface area contributed by atoms with Crippen LogP contribution in [0.3, 0.4) is 0 Å². The first-order valence-corrected chi connectivity index (χ1v) is 5.44. The fraction of sp³-hybridized carbons (Fsp3) is 1.00. The van der Waals surface area contributed by atoms with Gasteiger partial charge in [-0.05, 0) is 38.8 Å². The SMILES string of the molecule is C[C@H](CN(C)C)[C@H](O)C1CCCC1. The molecule has 0 aromatic heterocycles. The van der Waals surface area contributed by atoms with Gasteiger partial charge in [-0.3, -0.25) is 0 Å². The summed E-state index contributed by atoms with van der Waals surface area (Å²) >= 11 is 0. The third kappa shape index (κ3) is 3.28. The zero-order valence-electron chi connectivity index (χ0n) is 9.16. The van der Waals surface area contributed by atoms with Crippen molar-refractivity contribution in [3.63, 3.8) is 0 Å². The molecule has 1 aliphatic rings. The van der Waals surface area contributed by atoms with Crippen molar-refractivity contribution in [2.45, 2.75) is 38.7 Å². The van der Waals surface area contributed by atoms with Gasteiger partial charge >= 0.3 is 0 Å². The maximum Gasteiger partial charge on any atom is 0.0606 e. The second-order valence-corrected chi connectivity index (χ2v) is 4.77. The summed E-state index contributed by atoms with van der Waals surface area (Å²) in [5, 5.41) is 10.0. The number of aliphatic hydroxyl groups excluding tert-OH is 1. The molecule has 1 saturated carbocycles. The van der Waals surface area contributed by atoms with Crippen molar-refractivity contribution in [1.82, 2.24) is 4.90 Å². The molecular formula is C11H23NO. The van der Waals surface area contributed by atoms with Crippen molar-refractivity contribution >= 4 is 0 Å². The molecule has 0 aromatic carbocycles. The Bertz CT molecular complexity index is 141. The van der Waals surface area contributed by atoms with Gasteiger partial charge in [0.2, 0.25) is 0 Å². The van der Waals surface area contributed by atoms with Gasteiger partial charge in [0.25, 0.3) is 0 Å². The zero-order chi connectivity index (χ0) is 9.84. The predicted molar refractivity (Wildman–Crippen MR) is 55.7 cm³/mol. The van der Waals surface area contributed by atoms with Crippen molar-refractivity contribution in [1.29, 1.82) is 0 Å². The number of aliphatic hydroxyl groups is 1. The maximum atomic E-state index is 10.0. The van der Waals surface area contributed by atoms with Crippen LogP contribution in [0.25, 0.3) is 0 Å². The summed E-state index contributed by atoms with van der Waals surface area (Å²) in [4.78, 5) is 2.16. The summed E-state index contributed by atoms with van der Waals surface area (Å²) in [6.07, 6.45) is 5.02. The number of hydrogen-bond acceptors (Lipinski definition) is 2. The highest BCUT2D eigenvalue weighted by Gasteiger charge is 2.27. The minimum Gasteiger partial charge on any atom is -0.393 e. The van der Waals surface area contributed by atoms with Crippen LogP contribution in [0.1, 0.15) is 32.6 Å². The summed E-state index contributed by atoms with van der Waals surface area (Å²) in [7, 11) is 4.13. The van der Waals surface area contributed by atoms with E-state index in [0.717, 1.165) is 6.54 Å². The molecule has 1 aliphatic carbocycles. The van der Waals surface area contributed by atoms with E-state index in [1.165, 1.54) is 25.7 Å². The third-order valence-electron chi connectivity index (χ3n) is 3.12. The molecule has 2 atom stereocenters. The fourth-order valence-electron chi connectivity index (χ4n) is 2.45. The van der Waals surface area contributed by atoms with E-state index in [1.54, 1.807) is 0 Å². The predicted octanol–water partition coefficient (Wildman–Crippen LogP) is 1.74. The van der Waals surface area contributed by atoms with Crippen molar-refractivity contribution < 1.29 is 5.11 Å². The van der Waals surface area contributed by atoms with Crippen LogP contribution in [0.5, 0.6) is 0 Å². The molecule has 0 aliphatic heterocycles. The van der Waals surface area contributed by atoms with Crippen LogP contribution in [0, 0.1) is 11.8 Å². The Balaban J connectivity index is 2.31. The van der Waals surface area contributed by atoms with E-state index in [2.05, 4.69) is 25.9 Å². The Morgan fingerprint density at radius 3 is 2.31 bits per heavy atom. The maximum absolute atomic E-state index is 10.0. The van der Waals surface area contributed by atoms with Gasteiger partial charge in [0.15, 0.2) is 0 Å². The number of rotatable bonds is 4. The molecule has 0 aromatic rings. The lowest BCUT2D eigenvalue weighted by Crippen LogP contribution is -2.33. The van der Waals surface area contributed by atoms with E-state index in [-0.39, 0.29) is 6.10 Å². The summed E-state index contributed by atoms with van der Waals surface area (Å²) in [6.45, 7) is 3.15. The Kier molecular flexibility index (Phi) is 4.20. The monoisotopic (exact) mass is 185 g/mol. The molecule has 13 heavy (non-hydrogen) atoms. The highest BCUT2D eigenvalue weighted by Crippen LogP contribution is 2.30. The van der Waals surface area contributed by atoms with Crippen LogP contribution in [0.15, 0.2) is 0 Å². The largest absolute Gasteiger partial charge is 0.393 e. The van der Waals surface area contributed by atoms with Crippen molar-refractivity contribution in [3.8, 4) is 0 Å². The minimum absolute atomic E-state index is 0.0788. The van der Waals surface area contributed by atoms with Crippen LogP contribution in [-0.2, 0) is 0 Å². The normalized spacial score (nSPS) is 23.8. The second kappa shape index (κ2) is 4.97. The molecule has 0 bridgehead atoms. The van der Waals surface area contributed by atoms with Crippen LogP contribution in [0.4, 0.5) is 0 Å². The summed E-state index contributed by atoms with van der Waals surface area (Å²) < 4.78 is 0. The fourth-order valence-corrected chi connectivity index (χ4v) is 2.45. The van der Waals surface area contributed by atoms with Gasteiger partial charge in [-0.2, -0.15) is 0 Å². The first-order valence-electron chi connectivity index (χ1n) is 5.44. The molecule has 0 heterocycles. The number of nitrogens with zero attached hydrogens (tertiary/aromatic N) is 1. The van der Waals surface area contributed by atoms with Crippen LogP contribution in [-0.4, -0.2) is 36.8 Å². The van der Waals surface area contributed by atoms with E-state index in [9.17, 15) is 5.11 Å². The molecule has 1 rings (SSSR count). The highest BCUT2D eigenvalue weighted by molar-refractivity contribution is 4.79. The van der Waals surface area contributed by atoms with E-state index in [1.807, 2.05) is 0 Å². The quantitative estimate of drug-likeness (QED) is 0.721. The highest BCUT2D eigenvalue weighted by atomic mass is 16.3. The van der Waals surface area contributed by atoms with E-state index < -0.39 is 0 Å². The molecule has 2 nitrogen and oxygen atoms in total. The van der Waals surface area contributed by atoms with Gasteiger partial charge < -0.3 is 10.0 Å². The molecule has 1 fully saturated rings. The van der Waals surface area contributed by atoms with E-state index >= 15 is 0 Å². The van der Waals surface area contributed by atoms with E-state index in [4.69, 9.17) is 0 Å². The lowest BCUT2D eigenvalue weighted by Gasteiger charge is -2.26. The minimum atomic E-state index is -0.0788. The molecule has 78 valence electrons. The smallest absolute Gasteiger partial charge is 0.0606 e. The topological polar surface area (TPSA) is 23.5 Å². The van der Waals surface area contributed by atoms with Gasteiger partial charge in [0.1, 0.15) is 0 Å². The third-order valence-corrected chi connectivity index (χ3v) is 3.12. The Hall–Kier alpha value is -0.0800. The van der Waals surface area contributed by atoms with E-state index in [0.29, 0.717) is 11.8 Å². The molecular weight excluding hydrogens is 162 g/mol. The van der Waals surface area contributed by atoms with Crippen molar-refractivity contribution in [3.05, 3.63) is 0 Å². The summed E-state index contributed by atoms with van der Waals surface area (Å²) in [5.41, 5.74) is 0. The van der Waals surface area contributed by atoms with Gasteiger partial charge in [0.05, 0.1) is 6.10 Å². The molecule has 0 spiro atoms. The Morgan fingerprint density at radius 1 is 1.31 bits per heavy atom. The molecule has 2 heteroatoms. The lowest BCUT2D eigenvalue weighted by atomic mass is 9.90. The average molecular weight is 185 g/mol. The zero-order valence-corrected chi connectivity index (χ0v) is 9.16. The van der Waals surface area contributed by atoms with Crippen LogP contribution < -0.4 is 0 Å². The first-order chi connectivity index (χ1) is 6.11. The van der Waals surface area contributed by atoms with Crippen LogP contribution >= 0.6 is 0 Å². The second-order valence-electron chi connectivity index (χ2n) is 4.77. The first kappa shape index (κ1) is 11.0. The summed E-state index contributed by atoms with van der Waals surface area (Å²) in [5.74, 6) is 0.994. The van der Waals surface area contributed by atoms with Gasteiger partial charge in [-0.1, -0.05) is 19.8 Å². The molecule has 0 amide bonds. The molecule has 0 saturated heterocycles. The molecule has 1 N–H and O–H groups in total. The Labute approximate surface area is 81.9 Å². The van der Waals surface area contributed by atoms with Crippen molar-refractivity contribution in [2.24, 2.45) is 11.8 Å². The number of hydrogen-bond donors (Lipinski definition) is 1. The van der Waals surface area contributed by atoms with Gasteiger partial charge in [-0.15, -0.1) is 0 Å². The summed E-state index contributed by atoms with van der Waals surface area (Å²) in [6, 6.07) is 0. The van der Waals surface area contributed by atoms with Gasteiger partial charge in [-0.25, -0.2) is 0 Å². The van der Waals surface area contributed by atoms with Crippen LogP contribution in [0.2, 0.25) is 0 Å². The Morgan fingerprint density at radius 2 is 1.85 bits per heavy atom. The lowest BCUT2D eigenvalue weighted by molar-refractivity contribution is 0.0488. The van der Waals surface area contributed by atoms with Gasteiger partial charge in [0, 0.05) is 6.54 Å². The standard InChI is InChI=1S/C11H23NO/c1-9(8-12(2)3)11(13)10-6-4-5-7-10/h9-11,13H,4-8H2,1-3H3/t9-,11+/m1/s1.